The molecule has 2 atom stereocenters. The van der Waals surface area contributed by atoms with Gasteiger partial charge in [0.05, 0.1) is 13.0 Å². The Kier molecular flexibility index (Phi) is 4.83. The van der Waals surface area contributed by atoms with Gasteiger partial charge in [0, 0.05) is 30.8 Å². The van der Waals surface area contributed by atoms with Gasteiger partial charge in [-0.2, -0.15) is 0 Å². The molecule has 0 saturated carbocycles. The maximum atomic E-state index is 12.3. The van der Waals surface area contributed by atoms with Crippen molar-refractivity contribution in [3.8, 4) is 5.75 Å². The van der Waals surface area contributed by atoms with E-state index in [0.717, 1.165) is 6.42 Å². The number of hydrogen-bond acceptors (Lipinski definition) is 3. The lowest BCUT2D eigenvalue weighted by molar-refractivity contribution is -0.129. The minimum Gasteiger partial charge on any atom is -0.497 e. The molecule has 21 heavy (non-hydrogen) atoms. The molecule has 1 aliphatic heterocycles. The minimum atomic E-state index is -0.280. The molecular weight excluding hydrogens is 268 g/mol. The fourth-order valence-electron chi connectivity index (χ4n) is 2.50. The molecule has 0 spiro atoms. The fourth-order valence-corrected chi connectivity index (χ4v) is 2.50. The molecule has 114 valence electrons. The van der Waals surface area contributed by atoms with E-state index in [1.165, 1.54) is 0 Å². The molecule has 1 saturated heterocycles. The summed E-state index contributed by atoms with van der Waals surface area (Å²) in [6.45, 7) is 4.56. The predicted molar refractivity (Wildman–Crippen MR) is 81.2 cm³/mol. The molecule has 2 unspecified atom stereocenters. The average Bonchev–Trinajstić information content (AvgIpc) is 2.88. The van der Waals surface area contributed by atoms with Crippen molar-refractivity contribution in [2.24, 2.45) is 5.92 Å². The maximum Gasteiger partial charge on any atom is 0.229 e. The van der Waals surface area contributed by atoms with Crippen LogP contribution in [0.2, 0.25) is 0 Å². The lowest BCUT2D eigenvalue weighted by Crippen LogP contribution is -2.35. The number of nitrogens with zero attached hydrogens (tertiary/aromatic N) is 1. The Morgan fingerprint density at radius 3 is 2.95 bits per heavy atom. The number of methoxy groups -OCH3 is 1. The number of carbonyl (C=O) groups excluding carboxylic acids is 2. The smallest absolute Gasteiger partial charge is 0.229 e. The molecule has 1 N–H and O–H groups in total. The molecule has 1 heterocycles. The van der Waals surface area contributed by atoms with Gasteiger partial charge in [0.15, 0.2) is 0 Å². The normalized spacial score (nSPS) is 19.5. The standard InChI is InChI=1S/C16H22N2O3/c1-4-11(2)18-10-12(8-15(18)19)16(20)17-13-6-5-7-14(9-13)21-3/h5-7,9,11-12H,4,8,10H2,1-3H3,(H,17,20). The first-order valence-electron chi connectivity index (χ1n) is 7.29. The second kappa shape index (κ2) is 6.61. The Bertz CT molecular complexity index is 530. The van der Waals surface area contributed by atoms with Crippen LogP contribution in [-0.2, 0) is 9.59 Å². The van der Waals surface area contributed by atoms with Crippen LogP contribution in [0.25, 0.3) is 0 Å². The second-order valence-corrected chi connectivity index (χ2v) is 5.43. The quantitative estimate of drug-likeness (QED) is 0.905. The first-order chi connectivity index (χ1) is 10.0. The van der Waals surface area contributed by atoms with Crippen LogP contribution >= 0.6 is 0 Å². The summed E-state index contributed by atoms with van der Waals surface area (Å²) in [6, 6.07) is 7.40. The van der Waals surface area contributed by atoms with Gasteiger partial charge in [-0.15, -0.1) is 0 Å². The largest absolute Gasteiger partial charge is 0.497 e. The van der Waals surface area contributed by atoms with Crippen LogP contribution in [0.3, 0.4) is 0 Å². The molecule has 1 aromatic rings. The highest BCUT2D eigenvalue weighted by atomic mass is 16.5. The third-order valence-corrected chi connectivity index (χ3v) is 3.99. The van der Waals surface area contributed by atoms with Gasteiger partial charge in [-0.25, -0.2) is 0 Å². The van der Waals surface area contributed by atoms with Gasteiger partial charge < -0.3 is 15.0 Å². The topological polar surface area (TPSA) is 58.6 Å². The molecule has 2 rings (SSSR count). The van der Waals surface area contributed by atoms with Crippen molar-refractivity contribution >= 4 is 17.5 Å². The Morgan fingerprint density at radius 1 is 1.52 bits per heavy atom. The Labute approximate surface area is 125 Å². The number of rotatable bonds is 5. The Balaban J connectivity index is 1.99. The average molecular weight is 290 g/mol. The number of benzene rings is 1. The van der Waals surface area contributed by atoms with Crippen molar-refractivity contribution in [3.63, 3.8) is 0 Å². The zero-order valence-corrected chi connectivity index (χ0v) is 12.8. The summed E-state index contributed by atoms with van der Waals surface area (Å²) in [5.74, 6) is 0.367. The zero-order valence-electron chi connectivity index (χ0n) is 12.8. The van der Waals surface area contributed by atoms with Crippen LogP contribution in [0.5, 0.6) is 5.75 Å². The second-order valence-electron chi connectivity index (χ2n) is 5.43. The molecule has 1 aromatic carbocycles. The van der Waals surface area contributed by atoms with Gasteiger partial charge in [-0.1, -0.05) is 13.0 Å². The van der Waals surface area contributed by atoms with Crippen molar-refractivity contribution in [2.75, 3.05) is 19.0 Å². The number of ether oxygens (including phenoxy) is 1. The molecule has 1 aliphatic rings. The predicted octanol–water partition coefficient (Wildman–Crippen LogP) is 2.28. The number of carbonyl (C=O) groups is 2. The van der Waals surface area contributed by atoms with E-state index < -0.39 is 0 Å². The van der Waals surface area contributed by atoms with E-state index in [0.29, 0.717) is 24.4 Å². The summed E-state index contributed by atoms with van der Waals surface area (Å²) in [7, 11) is 1.58. The van der Waals surface area contributed by atoms with Crippen LogP contribution in [0.15, 0.2) is 24.3 Å². The first-order valence-corrected chi connectivity index (χ1v) is 7.29. The monoisotopic (exact) mass is 290 g/mol. The van der Waals surface area contributed by atoms with E-state index >= 15 is 0 Å². The van der Waals surface area contributed by atoms with Crippen LogP contribution in [0, 0.1) is 5.92 Å². The van der Waals surface area contributed by atoms with Crippen LogP contribution < -0.4 is 10.1 Å². The molecule has 5 heteroatoms. The third kappa shape index (κ3) is 3.54. The highest BCUT2D eigenvalue weighted by molar-refractivity contribution is 5.97. The van der Waals surface area contributed by atoms with Crippen LogP contribution in [0.4, 0.5) is 5.69 Å². The molecule has 5 nitrogen and oxygen atoms in total. The summed E-state index contributed by atoms with van der Waals surface area (Å²) in [5, 5.41) is 2.86. The van der Waals surface area contributed by atoms with E-state index in [1.54, 1.807) is 18.1 Å². The minimum absolute atomic E-state index is 0.0649. The highest BCUT2D eigenvalue weighted by Crippen LogP contribution is 2.24. The number of hydrogen-bond donors (Lipinski definition) is 1. The number of nitrogens with one attached hydrogen (secondary N) is 1. The van der Waals surface area contributed by atoms with Gasteiger partial charge >= 0.3 is 0 Å². The number of anilines is 1. The summed E-state index contributed by atoms with van der Waals surface area (Å²) in [4.78, 5) is 26.1. The van der Waals surface area contributed by atoms with Crippen molar-refractivity contribution in [2.45, 2.75) is 32.7 Å². The third-order valence-electron chi connectivity index (χ3n) is 3.99. The fraction of sp³-hybridized carbons (Fsp3) is 0.500. The van der Waals surface area contributed by atoms with E-state index in [9.17, 15) is 9.59 Å². The van der Waals surface area contributed by atoms with Crippen molar-refractivity contribution in [1.82, 2.24) is 4.90 Å². The van der Waals surface area contributed by atoms with Crippen molar-refractivity contribution < 1.29 is 14.3 Å². The van der Waals surface area contributed by atoms with E-state index in [-0.39, 0.29) is 23.8 Å². The first kappa shape index (κ1) is 15.4. The van der Waals surface area contributed by atoms with Crippen molar-refractivity contribution in [1.29, 1.82) is 0 Å². The van der Waals surface area contributed by atoms with Gasteiger partial charge in [-0.3, -0.25) is 9.59 Å². The molecule has 2 amide bonds. The lowest BCUT2D eigenvalue weighted by Gasteiger charge is -2.23. The molecule has 1 fully saturated rings. The summed E-state index contributed by atoms with van der Waals surface area (Å²) < 4.78 is 5.13. The van der Waals surface area contributed by atoms with Crippen molar-refractivity contribution in [3.05, 3.63) is 24.3 Å². The molecule has 0 radical (unpaired) electrons. The summed E-state index contributed by atoms with van der Waals surface area (Å²) in [5.41, 5.74) is 0.689. The number of likely N-dealkylation sites (tertiary alicyclic amines) is 1. The van der Waals surface area contributed by atoms with E-state index in [4.69, 9.17) is 4.74 Å². The SMILES string of the molecule is CCC(C)N1CC(C(=O)Nc2cccc(OC)c2)CC1=O. The maximum absolute atomic E-state index is 12.3. The van der Waals surface area contributed by atoms with Gasteiger partial charge in [0.1, 0.15) is 5.75 Å². The van der Waals surface area contributed by atoms with Crippen LogP contribution in [0.1, 0.15) is 26.7 Å². The zero-order chi connectivity index (χ0) is 15.4. The van der Waals surface area contributed by atoms with Crippen LogP contribution in [-0.4, -0.2) is 36.4 Å². The summed E-state index contributed by atoms with van der Waals surface area (Å²) >= 11 is 0. The van der Waals surface area contributed by atoms with E-state index in [1.807, 2.05) is 32.0 Å². The Morgan fingerprint density at radius 2 is 2.29 bits per heavy atom. The van der Waals surface area contributed by atoms with Gasteiger partial charge in [0.2, 0.25) is 11.8 Å². The number of amides is 2. The summed E-state index contributed by atoms with van der Waals surface area (Å²) in [6.07, 6.45) is 1.19. The molecule has 0 aromatic heterocycles. The Hall–Kier alpha value is -2.04. The molecule has 0 aliphatic carbocycles. The molecular formula is C16H22N2O3. The lowest BCUT2D eigenvalue weighted by atomic mass is 10.1. The van der Waals surface area contributed by atoms with Gasteiger partial charge in [-0.05, 0) is 25.5 Å². The molecule has 0 bridgehead atoms. The van der Waals surface area contributed by atoms with Gasteiger partial charge in [0.25, 0.3) is 0 Å². The highest BCUT2D eigenvalue weighted by Gasteiger charge is 2.36. The van der Waals surface area contributed by atoms with E-state index in [2.05, 4.69) is 5.32 Å².